The van der Waals surface area contributed by atoms with Gasteiger partial charge in [-0.25, -0.2) is 9.50 Å². The fourth-order valence-corrected chi connectivity index (χ4v) is 2.83. The normalized spacial score (nSPS) is 11.0. The molecule has 0 saturated heterocycles. The zero-order valence-corrected chi connectivity index (χ0v) is 12.7. The Hall–Kier alpha value is -2.89. The summed E-state index contributed by atoms with van der Waals surface area (Å²) in [5.41, 5.74) is 16.0. The Morgan fingerprint density at radius 3 is 2.50 bits per heavy atom. The molecule has 0 spiro atoms. The fraction of sp³-hybridized carbons (Fsp3) is 0.188. The lowest BCUT2D eigenvalue weighted by Gasteiger charge is -2.07. The molecule has 4 N–H and O–H groups in total. The Morgan fingerprint density at radius 1 is 1.18 bits per heavy atom. The molecule has 1 aromatic carbocycles. The van der Waals surface area contributed by atoms with Crippen LogP contribution in [-0.4, -0.2) is 20.5 Å². The first-order valence-electron chi connectivity index (χ1n) is 6.93. The number of benzene rings is 1. The number of aryl methyl sites for hydroxylation is 3. The number of anilines is 1. The molecule has 0 fully saturated rings. The van der Waals surface area contributed by atoms with Crippen molar-refractivity contribution in [3.63, 3.8) is 0 Å². The summed E-state index contributed by atoms with van der Waals surface area (Å²) in [6.45, 7) is 5.59. The molecule has 0 bridgehead atoms. The first-order chi connectivity index (χ1) is 10.4. The summed E-state index contributed by atoms with van der Waals surface area (Å²) in [7, 11) is 0. The highest BCUT2D eigenvalue weighted by atomic mass is 16.1. The average molecular weight is 295 g/mol. The van der Waals surface area contributed by atoms with E-state index in [4.69, 9.17) is 11.5 Å². The molecule has 0 atom stereocenters. The largest absolute Gasteiger partial charge is 0.382 e. The van der Waals surface area contributed by atoms with Crippen molar-refractivity contribution in [3.05, 3.63) is 46.6 Å². The zero-order chi connectivity index (χ0) is 16.0. The third-order valence-corrected chi connectivity index (χ3v) is 3.92. The summed E-state index contributed by atoms with van der Waals surface area (Å²) in [5.74, 6) is 0.371. The van der Waals surface area contributed by atoms with Gasteiger partial charge in [-0.2, -0.15) is 0 Å². The average Bonchev–Trinajstić information content (AvgIpc) is 2.71. The number of rotatable bonds is 2. The molecule has 0 aliphatic carbocycles. The van der Waals surface area contributed by atoms with Crippen LogP contribution in [0.5, 0.6) is 0 Å². The Bertz CT molecular complexity index is 911. The lowest BCUT2D eigenvalue weighted by molar-refractivity contribution is 0.0999. The van der Waals surface area contributed by atoms with Crippen molar-refractivity contribution in [2.24, 2.45) is 5.73 Å². The summed E-state index contributed by atoms with van der Waals surface area (Å²) < 4.78 is 1.65. The first-order valence-corrected chi connectivity index (χ1v) is 6.93. The molecule has 0 aliphatic rings. The van der Waals surface area contributed by atoms with Crippen LogP contribution >= 0.6 is 0 Å². The SMILES string of the molecule is Cc1ccccc1-c1nc(N)c2c(C)c(C(N)=O)c(C)n2n1. The lowest BCUT2D eigenvalue weighted by Crippen LogP contribution is -2.13. The standard InChI is InChI=1S/C16H17N5O/c1-8-6-4-5-7-11(8)16-19-14(17)13-9(2)12(15(18)22)10(3)21(13)20-16/h4-7H,1-3H3,(H2,18,22)(H2,17,19,20). The van der Waals surface area contributed by atoms with Gasteiger partial charge in [0.15, 0.2) is 11.6 Å². The first kappa shape index (κ1) is 14.1. The molecule has 2 aromatic heterocycles. The second-order valence-electron chi connectivity index (χ2n) is 5.35. The summed E-state index contributed by atoms with van der Waals surface area (Å²) in [5, 5.41) is 4.55. The Kier molecular flexibility index (Phi) is 3.09. The molecule has 0 aliphatic heterocycles. The Morgan fingerprint density at radius 2 is 1.86 bits per heavy atom. The van der Waals surface area contributed by atoms with Gasteiger partial charge in [0.1, 0.15) is 5.52 Å². The zero-order valence-electron chi connectivity index (χ0n) is 12.7. The van der Waals surface area contributed by atoms with Crippen molar-refractivity contribution >= 4 is 17.2 Å². The van der Waals surface area contributed by atoms with Gasteiger partial charge < -0.3 is 11.5 Å². The van der Waals surface area contributed by atoms with Gasteiger partial charge in [-0.1, -0.05) is 24.3 Å². The van der Waals surface area contributed by atoms with Crippen molar-refractivity contribution in [2.45, 2.75) is 20.8 Å². The smallest absolute Gasteiger partial charge is 0.250 e. The minimum atomic E-state index is -0.489. The molecule has 0 unspecified atom stereocenters. The van der Waals surface area contributed by atoms with Gasteiger partial charge >= 0.3 is 0 Å². The van der Waals surface area contributed by atoms with Gasteiger partial charge in [0.25, 0.3) is 5.91 Å². The highest BCUT2D eigenvalue weighted by Gasteiger charge is 2.21. The number of carbonyl (C=O) groups excluding carboxylic acids is 1. The van der Waals surface area contributed by atoms with E-state index in [1.165, 1.54) is 0 Å². The van der Waals surface area contributed by atoms with Crippen LogP contribution in [0.2, 0.25) is 0 Å². The molecule has 1 amide bonds. The van der Waals surface area contributed by atoms with Crippen LogP contribution in [-0.2, 0) is 0 Å². The van der Waals surface area contributed by atoms with Crippen molar-refractivity contribution in [1.29, 1.82) is 0 Å². The van der Waals surface area contributed by atoms with Crippen LogP contribution in [0.4, 0.5) is 5.82 Å². The summed E-state index contributed by atoms with van der Waals surface area (Å²) in [6.07, 6.45) is 0. The molecule has 0 radical (unpaired) electrons. The van der Waals surface area contributed by atoms with Crippen LogP contribution in [0.1, 0.15) is 27.2 Å². The van der Waals surface area contributed by atoms with E-state index in [2.05, 4.69) is 10.1 Å². The monoisotopic (exact) mass is 295 g/mol. The summed E-state index contributed by atoms with van der Waals surface area (Å²) in [6, 6.07) is 7.81. The number of nitrogen functional groups attached to an aromatic ring is 1. The van der Waals surface area contributed by atoms with Gasteiger partial charge in [-0.05, 0) is 31.9 Å². The number of fused-ring (bicyclic) bond motifs is 1. The molecule has 3 rings (SSSR count). The summed E-state index contributed by atoms with van der Waals surface area (Å²) >= 11 is 0. The maximum atomic E-state index is 11.7. The lowest BCUT2D eigenvalue weighted by atomic mass is 10.1. The Balaban J connectivity index is 2.37. The van der Waals surface area contributed by atoms with E-state index in [1.54, 1.807) is 18.4 Å². The van der Waals surface area contributed by atoms with Crippen molar-refractivity contribution in [1.82, 2.24) is 14.6 Å². The Labute approximate surface area is 127 Å². The second-order valence-corrected chi connectivity index (χ2v) is 5.35. The highest BCUT2D eigenvalue weighted by molar-refractivity contribution is 5.99. The molecule has 0 saturated carbocycles. The van der Waals surface area contributed by atoms with E-state index >= 15 is 0 Å². The van der Waals surface area contributed by atoms with E-state index in [9.17, 15) is 4.79 Å². The number of hydrogen-bond acceptors (Lipinski definition) is 4. The topological polar surface area (TPSA) is 99.3 Å². The third kappa shape index (κ3) is 1.92. The number of aromatic nitrogens is 3. The maximum absolute atomic E-state index is 11.7. The van der Waals surface area contributed by atoms with Gasteiger partial charge in [-0.15, -0.1) is 5.10 Å². The van der Waals surface area contributed by atoms with Crippen LogP contribution < -0.4 is 11.5 Å². The third-order valence-electron chi connectivity index (χ3n) is 3.92. The molecule has 3 aromatic rings. The maximum Gasteiger partial charge on any atom is 0.250 e. The second kappa shape index (κ2) is 4.84. The minimum Gasteiger partial charge on any atom is -0.382 e. The van der Waals surface area contributed by atoms with Gasteiger partial charge in [0.05, 0.1) is 11.3 Å². The number of carbonyl (C=O) groups is 1. The van der Waals surface area contributed by atoms with Crippen molar-refractivity contribution in [3.8, 4) is 11.4 Å². The van der Waals surface area contributed by atoms with E-state index in [0.29, 0.717) is 34.0 Å². The van der Waals surface area contributed by atoms with Crippen LogP contribution in [0, 0.1) is 20.8 Å². The molecule has 22 heavy (non-hydrogen) atoms. The van der Waals surface area contributed by atoms with Gasteiger partial charge in [0.2, 0.25) is 0 Å². The molecular formula is C16H17N5O. The van der Waals surface area contributed by atoms with Gasteiger partial charge in [0, 0.05) is 5.56 Å². The van der Waals surface area contributed by atoms with E-state index in [-0.39, 0.29) is 0 Å². The summed E-state index contributed by atoms with van der Waals surface area (Å²) in [4.78, 5) is 16.1. The quantitative estimate of drug-likeness (QED) is 0.755. The van der Waals surface area contributed by atoms with E-state index in [0.717, 1.165) is 11.1 Å². The predicted molar refractivity (Wildman–Crippen MR) is 85.6 cm³/mol. The number of hydrogen-bond donors (Lipinski definition) is 2. The molecule has 2 heterocycles. The van der Waals surface area contributed by atoms with E-state index in [1.807, 2.05) is 31.2 Å². The van der Waals surface area contributed by atoms with Crippen LogP contribution in [0.15, 0.2) is 24.3 Å². The highest BCUT2D eigenvalue weighted by Crippen LogP contribution is 2.28. The van der Waals surface area contributed by atoms with Crippen LogP contribution in [0.3, 0.4) is 0 Å². The number of nitrogens with two attached hydrogens (primary N) is 2. The fourth-order valence-electron chi connectivity index (χ4n) is 2.83. The van der Waals surface area contributed by atoms with Crippen LogP contribution in [0.25, 0.3) is 16.9 Å². The molecule has 6 nitrogen and oxygen atoms in total. The van der Waals surface area contributed by atoms with Gasteiger partial charge in [-0.3, -0.25) is 4.79 Å². The van der Waals surface area contributed by atoms with E-state index < -0.39 is 5.91 Å². The predicted octanol–water partition coefficient (Wildman–Crippen LogP) is 2.00. The number of primary amides is 1. The minimum absolute atomic E-state index is 0.335. The van der Waals surface area contributed by atoms with Crippen molar-refractivity contribution < 1.29 is 4.79 Å². The molecule has 112 valence electrons. The molecule has 6 heteroatoms. The number of nitrogens with zero attached hydrogens (tertiary/aromatic N) is 3. The van der Waals surface area contributed by atoms with Crippen molar-refractivity contribution in [2.75, 3.05) is 5.73 Å². The molecular weight excluding hydrogens is 278 g/mol. The number of amides is 1.